The Labute approximate surface area is 166 Å². The second-order valence-corrected chi connectivity index (χ2v) is 9.55. The van der Waals surface area contributed by atoms with Crippen molar-refractivity contribution in [2.75, 3.05) is 13.7 Å². The van der Waals surface area contributed by atoms with Crippen molar-refractivity contribution >= 4 is 29.5 Å². The SMILES string of the molecule is COCC(C=O)[P+](c1ccccc1)(c1ccccc1)c1ccccc1.[Br-]. The molecule has 3 aromatic carbocycles. The molecular formula is C22H22BrO2P. The molecule has 0 aliphatic carbocycles. The van der Waals surface area contributed by atoms with Crippen LogP contribution in [0, 0.1) is 0 Å². The Morgan fingerprint density at radius 2 is 1.12 bits per heavy atom. The Kier molecular flexibility index (Phi) is 7.71. The summed E-state index contributed by atoms with van der Waals surface area (Å²) in [6.45, 7) is 0.399. The van der Waals surface area contributed by atoms with Gasteiger partial charge >= 0.3 is 0 Å². The van der Waals surface area contributed by atoms with Gasteiger partial charge in [0.2, 0.25) is 0 Å². The third-order valence-electron chi connectivity index (χ3n) is 4.48. The molecule has 0 radical (unpaired) electrons. The van der Waals surface area contributed by atoms with Crippen LogP contribution in [0.5, 0.6) is 0 Å². The first kappa shape index (κ1) is 20.5. The van der Waals surface area contributed by atoms with Crippen LogP contribution < -0.4 is 32.9 Å². The number of rotatable bonds is 7. The number of halogens is 1. The second-order valence-electron chi connectivity index (χ2n) is 5.89. The fourth-order valence-electron chi connectivity index (χ4n) is 3.42. The fraction of sp³-hybridized carbons (Fsp3) is 0.136. The Hall–Kier alpha value is -1.80. The Morgan fingerprint density at radius 3 is 1.38 bits per heavy atom. The first-order chi connectivity index (χ1) is 12.3. The molecule has 0 bridgehead atoms. The van der Waals surface area contributed by atoms with Gasteiger partial charge in [-0.3, -0.25) is 4.79 Å². The minimum absolute atomic E-state index is 0. The van der Waals surface area contributed by atoms with E-state index in [1.165, 1.54) is 15.9 Å². The van der Waals surface area contributed by atoms with E-state index in [-0.39, 0.29) is 22.6 Å². The molecule has 1 atom stereocenters. The predicted octanol–water partition coefficient (Wildman–Crippen LogP) is 0.198. The summed E-state index contributed by atoms with van der Waals surface area (Å²) in [7, 11) is -0.514. The molecule has 0 heterocycles. The molecule has 0 saturated heterocycles. The molecule has 0 N–H and O–H groups in total. The normalized spacial score (nSPS) is 12.0. The smallest absolute Gasteiger partial charge is 0.163 e. The van der Waals surface area contributed by atoms with E-state index < -0.39 is 7.26 Å². The van der Waals surface area contributed by atoms with E-state index in [2.05, 4.69) is 36.4 Å². The molecule has 134 valence electrons. The molecule has 0 aliphatic rings. The van der Waals surface area contributed by atoms with Crippen molar-refractivity contribution < 1.29 is 26.5 Å². The summed E-state index contributed by atoms with van der Waals surface area (Å²) in [5, 5.41) is 3.59. The molecule has 0 aliphatic heterocycles. The van der Waals surface area contributed by atoms with Gasteiger partial charge in [0, 0.05) is 7.11 Å². The third-order valence-corrected chi connectivity index (χ3v) is 9.09. The zero-order chi connectivity index (χ0) is 17.5. The van der Waals surface area contributed by atoms with Crippen molar-refractivity contribution in [2.24, 2.45) is 0 Å². The van der Waals surface area contributed by atoms with Gasteiger partial charge in [-0.05, 0) is 36.4 Å². The number of ether oxygens (including phenoxy) is 1. The largest absolute Gasteiger partial charge is 1.00 e. The predicted molar refractivity (Wildman–Crippen MR) is 107 cm³/mol. The Bertz CT molecular complexity index is 697. The summed E-state index contributed by atoms with van der Waals surface area (Å²) in [4.78, 5) is 12.2. The van der Waals surface area contributed by atoms with Crippen molar-refractivity contribution in [3.05, 3.63) is 91.0 Å². The molecule has 1 unspecified atom stereocenters. The van der Waals surface area contributed by atoms with Crippen molar-refractivity contribution in [1.82, 2.24) is 0 Å². The van der Waals surface area contributed by atoms with Crippen molar-refractivity contribution in [3.63, 3.8) is 0 Å². The van der Waals surface area contributed by atoms with Crippen LogP contribution in [0.25, 0.3) is 0 Å². The van der Waals surface area contributed by atoms with E-state index in [1.54, 1.807) is 7.11 Å². The number of aldehydes is 1. The van der Waals surface area contributed by atoms with Crippen LogP contribution in [0.2, 0.25) is 0 Å². The summed E-state index contributed by atoms with van der Waals surface area (Å²) in [5.74, 6) is 0. The number of hydrogen-bond acceptors (Lipinski definition) is 2. The van der Waals surface area contributed by atoms with E-state index >= 15 is 0 Å². The van der Waals surface area contributed by atoms with E-state index in [1.807, 2.05) is 54.6 Å². The van der Waals surface area contributed by atoms with Gasteiger partial charge in [0.1, 0.15) is 23.2 Å². The van der Waals surface area contributed by atoms with Crippen LogP contribution in [0.1, 0.15) is 0 Å². The van der Waals surface area contributed by atoms with Crippen LogP contribution in [-0.2, 0) is 9.53 Å². The lowest BCUT2D eigenvalue weighted by Crippen LogP contribution is -3.00. The number of carbonyl (C=O) groups is 1. The highest BCUT2D eigenvalue weighted by molar-refractivity contribution is 7.96. The van der Waals surface area contributed by atoms with Crippen molar-refractivity contribution in [1.29, 1.82) is 0 Å². The first-order valence-corrected chi connectivity index (χ1v) is 10.2. The van der Waals surface area contributed by atoms with Crippen molar-refractivity contribution in [2.45, 2.75) is 5.66 Å². The quantitative estimate of drug-likeness (QED) is 0.397. The molecule has 0 spiro atoms. The van der Waals surface area contributed by atoms with E-state index in [4.69, 9.17) is 4.74 Å². The molecule has 26 heavy (non-hydrogen) atoms. The van der Waals surface area contributed by atoms with Crippen LogP contribution in [-0.4, -0.2) is 25.7 Å². The van der Waals surface area contributed by atoms with Crippen LogP contribution >= 0.6 is 7.26 Å². The summed E-state index contributed by atoms with van der Waals surface area (Å²) >= 11 is 0. The number of methoxy groups -OCH3 is 1. The lowest BCUT2D eigenvalue weighted by Gasteiger charge is -2.31. The number of carbonyl (C=O) groups excluding carboxylic acids is 1. The zero-order valence-electron chi connectivity index (χ0n) is 14.7. The maximum absolute atomic E-state index is 12.2. The summed E-state index contributed by atoms with van der Waals surface area (Å²) in [5.41, 5.74) is -0.232. The minimum atomic E-state index is -2.17. The van der Waals surface area contributed by atoms with E-state index in [9.17, 15) is 4.79 Å². The zero-order valence-corrected chi connectivity index (χ0v) is 17.1. The first-order valence-electron chi connectivity index (χ1n) is 8.34. The molecular weight excluding hydrogens is 407 g/mol. The van der Waals surface area contributed by atoms with E-state index in [0.29, 0.717) is 6.61 Å². The molecule has 0 amide bonds. The van der Waals surface area contributed by atoms with Gasteiger partial charge in [0.15, 0.2) is 11.9 Å². The topological polar surface area (TPSA) is 26.3 Å². The molecule has 3 rings (SSSR count). The van der Waals surface area contributed by atoms with Gasteiger partial charge in [-0.1, -0.05) is 54.6 Å². The van der Waals surface area contributed by atoms with Crippen LogP contribution in [0.15, 0.2) is 91.0 Å². The van der Waals surface area contributed by atoms with Gasteiger partial charge in [0.05, 0.1) is 6.61 Å². The molecule has 4 heteroatoms. The van der Waals surface area contributed by atoms with Gasteiger partial charge in [0.25, 0.3) is 0 Å². The second kappa shape index (κ2) is 9.78. The maximum Gasteiger partial charge on any atom is 0.163 e. The van der Waals surface area contributed by atoms with Gasteiger partial charge in [-0.15, -0.1) is 0 Å². The average molecular weight is 429 g/mol. The third kappa shape index (κ3) is 3.81. The molecule has 2 nitrogen and oxygen atoms in total. The fourth-order valence-corrected chi connectivity index (χ4v) is 7.95. The summed E-state index contributed by atoms with van der Waals surface area (Å²) < 4.78 is 5.46. The Morgan fingerprint density at radius 1 is 0.769 bits per heavy atom. The van der Waals surface area contributed by atoms with Gasteiger partial charge < -0.3 is 21.7 Å². The highest BCUT2D eigenvalue weighted by Gasteiger charge is 2.52. The lowest BCUT2D eigenvalue weighted by atomic mass is 10.3. The summed E-state index contributed by atoms with van der Waals surface area (Å²) in [6, 6.07) is 31.2. The van der Waals surface area contributed by atoms with Gasteiger partial charge in [-0.2, -0.15) is 0 Å². The Balaban J connectivity index is 0.00000243. The minimum Gasteiger partial charge on any atom is -1.00 e. The summed E-state index contributed by atoms with van der Waals surface area (Å²) in [6.07, 6.45) is 1.07. The number of hydrogen-bond donors (Lipinski definition) is 0. The lowest BCUT2D eigenvalue weighted by molar-refractivity contribution is -0.108. The molecule has 0 fully saturated rings. The van der Waals surface area contributed by atoms with E-state index in [0.717, 1.165) is 6.29 Å². The molecule has 0 saturated carbocycles. The van der Waals surface area contributed by atoms with Crippen LogP contribution in [0.3, 0.4) is 0 Å². The highest BCUT2D eigenvalue weighted by Crippen LogP contribution is 2.59. The van der Waals surface area contributed by atoms with Crippen molar-refractivity contribution in [3.8, 4) is 0 Å². The molecule has 0 aromatic heterocycles. The average Bonchev–Trinajstić information content (AvgIpc) is 2.70. The maximum atomic E-state index is 12.2. The standard InChI is InChI=1S/C22H22O2P.BrH/c1-24-18-22(17-23)25(19-11-5-2-6-12-19,20-13-7-3-8-14-20)21-15-9-4-10-16-21;/h2-17,22H,18H2,1H3;1H/q+1;/p-1. The van der Waals surface area contributed by atoms with Gasteiger partial charge in [-0.25, -0.2) is 0 Å². The van der Waals surface area contributed by atoms with Crippen LogP contribution in [0.4, 0.5) is 0 Å². The monoisotopic (exact) mass is 428 g/mol. The highest BCUT2D eigenvalue weighted by atomic mass is 79.9. The number of benzene rings is 3. The molecule has 3 aromatic rings.